The number of esters is 1. The van der Waals surface area contributed by atoms with Crippen LogP contribution in [0.4, 0.5) is 0 Å². The molecular formula is C12H19NO3. The summed E-state index contributed by atoms with van der Waals surface area (Å²) in [5, 5.41) is 3.16. The second-order valence-electron chi connectivity index (χ2n) is 3.80. The van der Waals surface area contributed by atoms with Crippen molar-refractivity contribution in [3.8, 4) is 0 Å². The van der Waals surface area contributed by atoms with Gasteiger partial charge in [0.2, 0.25) is 0 Å². The molecule has 0 aromatic carbocycles. The van der Waals surface area contributed by atoms with Crippen molar-refractivity contribution < 1.29 is 13.9 Å². The molecule has 0 aliphatic heterocycles. The van der Waals surface area contributed by atoms with Gasteiger partial charge < -0.3 is 14.5 Å². The average Bonchev–Trinajstić information content (AvgIpc) is 2.64. The third kappa shape index (κ3) is 4.06. The number of rotatable bonds is 6. The number of hydrogen-bond acceptors (Lipinski definition) is 4. The van der Waals surface area contributed by atoms with Crippen LogP contribution in [0.2, 0.25) is 0 Å². The van der Waals surface area contributed by atoms with Gasteiger partial charge in [-0.3, -0.25) is 4.79 Å². The summed E-state index contributed by atoms with van der Waals surface area (Å²) >= 11 is 0. The Hall–Kier alpha value is -1.29. The molecule has 1 atom stereocenters. The quantitative estimate of drug-likeness (QED) is 0.751. The maximum Gasteiger partial charge on any atom is 0.309 e. The first-order valence-corrected chi connectivity index (χ1v) is 5.56. The molecule has 1 N–H and O–H groups in total. The number of carbonyl (C=O) groups excluding carboxylic acids is 1. The zero-order valence-corrected chi connectivity index (χ0v) is 10.1. The van der Waals surface area contributed by atoms with Crippen molar-refractivity contribution in [2.75, 3.05) is 13.2 Å². The lowest BCUT2D eigenvalue weighted by atomic mass is 10.2. The average molecular weight is 225 g/mol. The molecule has 0 saturated carbocycles. The van der Waals surface area contributed by atoms with Crippen molar-refractivity contribution in [1.82, 2.24) is 5.32 Å². The lowest BCUT2D eigenvalue weighted by Gasteiger charge is -2.10. The molecule has 1 heterocycles. The molecule has 0 bridgehead atoms. The molecule has 0 amide bonds. The Morgan fingerprint density at radius 2 is 2.31 bits per heavy atom. The van der Waals surface area contributed by atoms with Crippen molar-refractivity contribution in [2.24, 2.45) is 5.92 Å². The summed E-state index contributed by atoms with van der Waals surface area (Å²) in [5.74, 6) is 1.49. The summed E-state index contributed by atoms with van der Waals surface area (Å²) in [5.41, 5.74) is 0. The van der Waals surface area contributed by atoms with Crippen molar-refractivity contribution in [3.05, 3.63) is 23.7 Å². The van der Waals surface area contributed by atoms with E-state index in [1.807, 2.05) is 32.9 Å². The molecular weight excluding hydrogens is 206 g/mol. The minimum atomic E-state index is -0.161. The summed E-state index contributed by atoms with van der Waals surface area (Å²) in [6.07, 6.45) is 0. The topological polar surface area (TPSA) is 51.5 Å². The van der Waals surface area contributed by atoms with Gasteiger partial charge in [-0.1, -0.05) is 6.92 Å². The molecule has 4 heteroatoms. The Morgan fingerprint density at radius 3 is 2.88 bits per heavy atom. The minimum absolute atomic E-state index is 0.129. The SMILES string of the molecule is CCOC(=O)C(C)CNCc1ccc(C)o1. The van der Waals surface area contributed by atoms with E-state index in [0.29, 0.717) is 19.7 Å². The lowest BCUT2D eigenvalue weighted by molar-refractivity contribution is -0.147. The molecule has 1 aromatic rings. The summed E-state index contributed by atoms with van der Waals surface area (Å²) < 4.78 is 10.3. The van der Waals surface area contributed by atoms with Gasteiger partial charge in [0.15, 0.2) is 0 Å². The molecule has 0 aliphatic carbocycles. The normalized spacial score (nSPS) is 12.4. The number of aryl methyl sites for hydroxylation is 1. The first-order chi connectivity index (χ1) is 7.63. The van der Waals surface area contributed by atoms with E-state index < -0.39 is 0 Å². The molecule has 1 aromatic heterocycles. The third-order valence-corrected chi connectivity index (χ3v) is 2.23. The maximum atomic E-state index is 11.3. The standard InChI is InChI=1S/C12H19NO3/c1-4-15-12(14)9(2)7-13-8-11-6-5-10(3)16-11/h5-6,9,13H,4,7-8H2,1-3H3. The van der Waals surface area contributed by atoms with Crippen LogP contribution in [-0.4, -0.2) is 19.1 Å². The summed E-state index contributed by atoms with van der Waals surface area (Å²) in [6.45, 7) is 7.23. The number of carbonyl (C=O) groups is 1. The Labute approximate surface area is 96.0 Å². The molecule has 0 aliphatic rings. The highest BCUT2D eigenvalue weighted by molar-refractivity contribution is 5.72. The Bertz CT molecular complexity index is 333. The van der Waals surface area contributed by atoms with Gasteiger partial charge in [0, 0.05) is 6.54 Å². The highest BCUT2D eigenvalue weighted by Gasteiger charge is 2.13. The highest BCUT2D eigenvalue weighted by Crippen LogP contribution is 2.05. The summed E-state index contributed by atoms with van der Waals surface area (Å²) in [7, 11) is 0. The van der Waals surface area contributed by atoms with Gasteiger partial charge in [0.05, 0.1) is 19.1 Å². The molecule has 1 rings (SSSR count). The number of ether oxygens (including phenoxy) is 1. The molecule has 90 valence electrons. The Balaban J connectivity index is 2.22. The van der Waals surface area contributed by atoms with Crippen LogP contribution in [0.5, 0.6) is 0 Å². The molecule has 16 heavy (non-hydrogen) atoms. The molecule has 1 unspecified atom stereocenters. The van der Waals surface area contributed by atoms with Gasteiger partial charge in [-0.05, 0) is 26.0 Å². The van der Waals surface area contributed by atoms with Gasteiger partial charge in [-0.15, -0.1) is 0 Å². The fourth-order valence-corrected chi connectivity index (χ4v) is 1.36. The van der Waals surface area contributed by atoms with Gasteiger partial charge >= 0.3 is 5.97 Å². The van der Waals surface area contributed by atoms with Gasteiger partial charge in [0.25, 0.3) is 0 Å². The Morgan fingerprint density at radius 1 is 1.56 bits per heavy atom. The number of furan rings is 1. The molecule has 0 spiro atoms. The Kier molecular flexibility index (Phi) is 5.05. The van der Waals surface area contributed by atoms with Crippen LogP contribution in [0.3, 0.4) is 0 Å². The maximum absolute atomic E-state index is 11.3. The van der Waals surface area contributed by atoms with Crippen LogP contribution in [0.25, 0.3) is 0 Å². The van der Waals surface area contributed by atoms with E-state index >= 15 is 0 Å². The lowest BCUT2D eigenvalue weighted by Crippen LogP contribution is -2.27. The van der Waals surface area contributed by atoms with E-state index in [2.05, 4.69) is 5.32 Å². The van der Waals surface area contributed by atoms with E-state index in [4.69, 9.17) is 9.15 Å². The smallest absolute Gasteiger partial charge is 0.309 e. The first kappa shape index (κ1) is 12.8. The third-order valence-electron chi connectivity index (χ3n) is 2.23. The second-order valence-corrected chi connectivity index (χ2v) is 3.80. The van der Waals surface area contributed by atoms with Crippen LogP contribution in [0.15, 0.2) is 16.5 Å². The van der Waals surface area contributed by atoms with Crippen LogP contribution in [0, 0.1) is 12.8 Å². The molecule has 0 fully saturated rings. The van der Waals surface area contributed by atoms with E-state index in [0.717, 1.165) is 11.5 Å². The molecule has 4 nitrogen and oxygen atoms in total. The zero-order valence-electron chi connectivity index (χ0n) is 10.1. The van der Waals surface area contributed by atoms with Crippen molar-refractivity contribution in [3.63, 3.8) is 0 Å². The molecule has 0 saturated heterocycles. The van der Waals surface area contributed by atoms with E-state index in [1.54, 1.807) is 0 Å². The number of hydrogen-bond donors (Lipinski definition) is 1. The predicted molar refractivity (Wildman–Crippen MR) is 60.9 cm³/mol. The van der Waals surface area contributed by atoms with Crippen LogP contribution in [0.1, 0.15) is 25.4 Å². The van der Waals surface area contributed by atoms with Crippen LogP contribution >= 0.6 is 0 Å². The highest BCUT2D eigenvalue weighted by atomic mass is 16.5. The van der Waals surface area contributed by atoms with Crippen molar-refractivity contribution >= 4 is 5.97 Å². The van der Waals surface area contributed by atoms with E-state index in [9.17, 15) is 4.79 Å². The first-order valence-electron chi connectivity index (χ1n) is 5.56. The summed E-state index contributed by atoms with van der Waals surface area (Å²) in [4.78, 5) is 11.3. The zero-order chi connectivity index (χ0) is 12.0. The van der Waals surface area contributed by atoms with Crippen molar-refractivity contribution in [2.45, 2.75) is 27.3 Å². The fourth-order valence-electron chi connectivity index (χ4n) is 1.36. The molecule has 0 radical (unpaired) electrons. The monoisotopic (exact) mass is 225 g/mol. The number of nitrogens with one attached hydrogen (secondary N) is 1. The predicted octanol–water partition coefficient (Wildman–Crippen LogP) is 1.88. The van der Waals surface area contributed by atoms with E-state index in [-0.39, 0.29) is 11.9 Å². The fraction of sp³-hybridized carbons (Fsp3) is 0.583. The van der Waals surface area contributed by atoms with Gasteiger partial charge in [0.1, 0.15) is 11.5 Å². The minimum Gasteiger partial charge on any atom is -0.466 e. The van der Waals surface area contributed by atoms with Crippen LogP contribution < -0.4 is 5.32 Å². The second kappa shape index (κ2) is 6.33. The van der Waals surface area contributed by atoms with Gasteiger partial charge in [-0.25, -0.2) is 0 Å². The largest absolute Gasteiger partial charge is 0.466 e. The summed E-state index contributed by atoms with van der Waals surface area (Å²) in [6, 6.07) is 3.85. The van der Waals surface area contributed by atoms with Crippen LogP contribution in [-0.2, 0) is 16.1 Å². The van der Waals surface area contributed by atoms with E-state index in [1.165, 1.54) is 0 Å². The van der Waals surface area contributed by atoms with Crippen molar-refractivity contribution in [1.29, 1.82) is 0 Å². The van der Waals surface area contributed by atoms with Gasteiger partial charge in [-0.2, -0.15) is 0 Å².